The molecule has 1 fully saturated rings. The molecular weight excluding hydrogens is 313 g/mol. The normalized spacial score (nSPS) is 18.9. The van der Waals surface area contributed by atoms with Crippen molar-refractivity contribution in [1.82, 2.24) is 4.90 Å². The molecule has 0 bridgehead atoms. The maximum absolute atomic E-state index is 13.0. The molecule has 0 saturated carbocycles. The molecular formula is C22H28FNO. The SMILES string of the molecule is CC1CCN(CCC(C)(O)c2ccc(-c3ccc(F)cc3)cc2)CC1. The minimum Gasteiger partial charge on any atom is -0.385 e. The van der Waals surface area contributed by atoms with Crippen LogP contribution < -0.4 is 0 Å². The Labute approximate surface area is 150 Å². The van der Waals surface area contributed by atoms with Crippen LogP contribution in [-0.4, -0.2) is 29.6 Å². The van der Waals surface area contributed by atoms with Crippen LogP contribution >= 0.6 is 0 Å². The van der Waals surface area contributed by atoms with Crippen molar-refractivity contribution in [3.63, 3.8) is 0 Å². The van der Waals surface area contributed by atoms with Crippen LogP contribution in [0.15, 0.2) is 48.5 Å². The van der Waals surface area contributed by atoms with Crippen LogP contribution in [0.5, 0.6) is 0 Å². The smallest absolute Gasteiger partial charge is 0.123 e. The van der Waals surface area contributed by atoms with E-state index in [1.807, 2.05) is 31.2 Å². The van der Waals surface area contributed by atoms with E-state index in [0.717, 1.165) is 48.7 Å². The van der Waals surface area contributed by atoms with Gasteiger partial charge in [0.1, 0.15) is 5.82 Å². The number of halogens is 1. The topological polar surface area (TPSA) is 23.5 Å². The number of benzene rings is 2. The second-order valence-electron chi connectivity index (χ2n) is 7.63. The molecule has 1 aliphatic rings. The van der Waals surface area contributed by atoms with Crippen LogP contribution in [0.25, 0.3) is 11.1 Å². The standard InChI is InChI=1S/C22H28FNO/c1-17-11-14-24(15-12-17)16-13-22(2,25)20-7-3-18(4-8-20)19-5-9-21(23)10-6-19/h3-10,17,25H,11-16H2,1-2H3. The van der Waals surface area contributed by atoms with Crippen molar-refractivity contribution in [2.45, 2.75) is 38.7 Å². The molecule has 3 heteroatoms. The molecule has 1 aliphatic heterocycles. The minimum absolute atomic E-state index is 0.226. The molecule has 0 spiro atoms. The Morgan fingerprint density at radius 2 is 1.52 bits per heavy atom. The minimum atomic E-state index is -0.829. The second-order valence-corrected chi connectivity index (χ2v) is 7.63. The van der Waals surface area contributed by atoms with Gasteiger partial charge in [0.05, 0.1) is 5.60 Å². The number of aliphatic hydroxyl groups is 1. The Balaban J connectivity index is 1.62. The van der Waals surface area contributed by atoms with Crippen molar-refractivity contribution >= 4 is 0 Å². The van der Waals surface area contributed by atoms with Crippen molar-refractivity contribution in [2.24, 2.45) is 5.92 Å². The van der Waals surface area contributed by atoms with E-state index in [-0.39, 0.29) is 5.82 Å². The quantitative estimate of drug-likeness (QED) is 0.842. The fourth-order valence-corrected chi connectivity index (χ4v) is 3.47. The summed E-state index contributed by atoms with van der Waals surface area (Å²) in [7, 11) is 0. The summed E-state index contributed by atoms with van der Waals surface area (Å²) in [6.07, 6.45) is 3.25. The average Bonchev–Trinajstić information content (AvgIpc) is 2.62. The van der Waals surface area contributed by atoms with Gasteiger partial charge in [-0.05, 0) is 74.0 Å². The van der Waals surface area contributed by atoms with E-state index in [2.05, 4.69) is 11.8 Å². The number of likely N-dealkylation sites (tertiary alicyclic amines) is 1. The summed E-state index contributed by atoms with van der Waals surface area (Å²) in [5.74, 6) is 0.603. The van der Waals surface area contributed by atoms with E-state index in [1.165, 1.54) is 25.0 Å². The van der Waals surface area contributed by atoms with E-state index in [9.17, 15) is 9.50 Å². The first-order chi connectivity index (χ1) is 11.9. The largest absolute Gasteiger partial charge is 0.385 e. The van der Waals surface area contributed by atoms with Gasteiger partial charge in [0, 0.05) is 6.54 Å². The van der Waals surface area contributed by atoms with Crippen molar-refractivity contribution < 1.29 is 9.50 Å². The number of hydrogen-bond acceptors (Lipinski definition) is 2. The lowest BCUT2D eigenvalue weighted by Gasteiger charge is -2.33. The number of rotatable bonds is 5. The Hall–Kier alpha value is -1.71. The lowest BCUT2D eigenvalue weighted by Crippen LogP contribution is -2.36. The first-order valence-electron chi connectivity index (χ1n) is 9.25. The van der Waals surface area contributed by atoms with Gasteiger partial charge in [0.25, 0.3) is 0 Å². The van der Waals surface area contributed by atoms with Gasteiger partial charge < -0.3 is 10.0 Å². The highest BCUT2D eigenvalue weighted by molar-refractivity contribution is 5.63. The van der Waals surface area contributed by atoms with Crippen LogP contribution in [0, 0.1) is 11.7 Å². The first-order valence-corrected chi connectivity index (χ1v) is 9.25. The molecule has 2 aromatic rings. The maximum Gasteiger partial charge on any atom is 0.123 e. The van der Waals surface area contributed by atoms with Gasteiger partial charge in [0.15, 0.2) is 0 Å². The van der Waals surface area contributed by atoms with Gasteiger partial charge in [-0.3, -0.25) is 0 Å². The summed E-state index contributed by atoms with van der Waals surface area (Å²) >= 11 is 0. The fourth-order valence-electron chi connectivity index (χ4n) is 3.47. The zero-order valence-corrected chi connectivity index (χ0v) is 15.2. The first kappa shape index (κ1) is 18.1. The molecule has 0 aromatic heterocycles. The van der Waals surface area contributed by atoms with Crippen LogP contribution in [0.2, 0.25) is 0 Å². The van der Waals surface area contributed by atoms with Crippen molar-refractivity contribution in [3.05, 3.63) is 59.9 Å². The van der Waals surface area contributed by atoms with E-state index < -0.39 is 5.60 Å². The van der Waals surface area contributed by atoms with E-state index in [4.69, 9.17) is 0 Å². The van der Waals surface area contributed by atoms with Crippen LogP contribution in [0.4, 0.5) is 4.39 Å². The van der Waals surface area contributed by atoms with E-state index in [0.29, 0.717) is 0 Å². The maximum atomic E-state index is 13.0. The highest BCUT2D eigenvalue weighted by Gasteiger charge is 2.25. The Kier molecular flexibility index (Phi) is 5.55. The number of hydrogen-bond donors (Lipinski definition) is 1. The van der Waals surface area contributed by atoms with Gasteiger partial charge in [-0.1, -0.05) is 43.3 Å². The van der Waals surface area contributed by atoms with Crippen molar-refractivity contribution in [3.8, 4) is 11.1 Å². The molecule has 1 saturated heterocycles. The highest BCUT2D eigenvalue weighted by Crippen LogP contribution is 2.28. The third-order valence-corrected chi connectivity index (χ3v) is 5.48. The summed E-state index contributed by atoms with van der Waals surface area (Å²) < 4.78 is 13.0. The van der Waals surface area contributed by atoms with Crippen molar-refractivity contribution in [2.75, 3.05) is 19.6 Å². The molecule has 0 amide bonds. The third-order valence-electron chi connectivity index (χ3n) is 5.48. The lowest BCUT2D eigenvalue weighted by atomic mass is 9.90. The molecule has 2 aromatic carbocycles. The summed E-state index contributed by atoms with van der Waals surface area (Å²) in [4.78, 5) is 2.46. The summed E-state index contributed by atoms with van der Waals surface area (Å²) in [6, 6.07) is 14.5. The van der Waals surface area contributed by atoms with Crippen molar-refractivity contribution in [1.29, 1.82) is 0 Å². The predicted octanol–water partition coefficient (Wildman–Crippen LogP) is 4.82. The van der Waals surface area contributed by atoms with Crippen LogP contribution in [0.3, 0.4) is 0 Å². The van der Waals surface area contributed by atoms with Crippen LogP contribution in [0.1, 0.15) is 38.7 Å². The third kappa shape index (κ3) is 4.68. The van der Waals surface area contributed by atoms with Gasteiger partial charge in [-0.15, -0.1) is 0 Å². The summed E-state index contributed by atoms with van der Waals surface area (Å²) in [6.45, 7) is 7.42. The highest BCUT2D eigenvalue weighted by atomic mass is 19.1. The predicted molar refractivity (Wildman–Crippen MR) is 101 cm³/mol. The fraction of sp³-hybridized carbons (Fsp3) is 0.455. The zero-order valence-electron chi connectivity index (χ0n) is 15.2. The molecule has 134 valence electrons. The molecule has 3 rings (SSSR count). The van der Waals surface area contributed by atoms with Gasteiger partial charge in [-0.25, -0.2) is 4.39 Å². The summed E-state index contributed by atoms with van der Waals surface area (Å²) in [5, 5.41) is 10.9. The molecule has 1 atom stereocenters. The Morgan fingerprint density at radius 1 is 1.00 bits per heavy atom. The number of nitrogens with zero attached hydrogens (tertiary/aromatic N) is 1. The zero-order chi connectivity index (χ0) is 17.9. The average molecular weight is 341 g/mol. The summed E-state index contributed by atoms with van der Waals surface area (Å²) in [5.41, 5.74) is 2.12. The molecule has 25 heavy (non-hydrogen) atoms. The monoisotopic (exact) mass is 341 g/mol. The molecule has 0 radical (unpaired) electrons. The Bertz CT molecular complexity index is 670. The van der Waals surface area contributed by atoms with E-state index in [1.54, 1.807) is 12.1 Å². The molecule has 1 N–H and O–H groups in total. The molecule has 1 heterocycles. The van der Waals surface area contributed by atoms with E-state index >= 15 is 0 Å². The molecule has 1 unspecified atom stereocenters. The van der Waals surface area contributed by atoms with Gasteiger partial charge in [0.2, 0.25) is 0 Å². The lowest BCUT2D eigenvalue weighted by molar-refractivity contribution is 0.0320. The van der Waals surface area contributed by atoms with Crippen LogP contribution in [-0.2, 0) is 5.60 Å². The molecule has 0 aliphatic carbocycles. The van der Waals surface area contributed by atoms with Gasteiger partial charge >= 0.3 is 0 Å². The number of piperidine rings is 1. The molecule has 2 nitrogen and oxygen atoms in total. The Morgan fingerprint density at radius 3 is 2.08 bits per heavy atom. The van der Waals surface area contributed by atoms with Gasteiger partial charge in [-0.2, -0.15) is 0 Å². The second kappa shape index (κ2) is 7.67.